The van der Waals surface area contributed by atoms with Gasteiger partial charge in [0.2, 0.25) is 0 Å². The Balaban J connectivity index is 1.65. The molecule has 0 saturated heterocycles. The van der Waals surface area contributed by atoms with Crippen LogP contribution in [0.4, 0.5) is 0 Å². The second-order valence-corrected chi connectivity index (χ2v) is 8.34. The lowest BCUT2D eigenvalue weighted by Crippen LogP contribution is -2.02. The first-order chi connectivity index (χ1) is 14.6. The van der Waals surface area contributed by atoms with Gasteiger partial charge in [0, 0.05) is 28.1 Å². The molecule has 4 nitrogen and oxygen atoms in total. The summed E-state index contributed by atoms with van der Waals surface area (Å²) < 4.78 is 13.0. The number of imidazole rings is 1. The van der Waals surface area contributed by atoms with Gasteiger partial charge in [-0.15, -0.1) is 0 Å². The van der Waals surface area contributed by atoms with Gasteiger partial charge in [-0.25, -0.2) is 4.98 Å². The first kappa shape index (κ1) is 21.1. The van der Waals surface area contributed by atoms with E-state index in [1.54, 1.807) is 11.8 Å². The van der Waals surface area contributed by atoms with Crippen LogP contribution in [0.1, 0.15) is 12.5 Å². The average molecular weight is 459 g/mol. The zero-order valence-corrected chi connectivity index (χ0v) is 18.7. The van der Waals surface area contributed by atoms with Crippen molar-refractivity contribution in [1.82, 2.24) is 9.55 Å². The molecule has 0 atom stereocenters. The van der Waals surface area contributed by atoms with Crippen LogP contribution in [-0.2, 0) is 10.5 Å². The monoisotopic (exact) mass is 458 g/mol. The van der Waals surface area contributed by atoms with Crippen LogP contribution in [0.3, 0.4) is 0 Å². The number of halogens is 2. The minimum absolute atomic E-state index is 0.238. The maximum absolute atomic E-state index is 6.28. The summed E-state index contributed by atoms with van der Waals surface area (Å²) >= 11 is 13.9. The summed E-state index contributed by atoms with van der Waals surface area (Å²) in [5.74, 6) is 1.54. The summed E-state index contributed by atoms with van der Waals surface area (Å²) in [7, 11) is 0. The third kappa shape index (κ3) is 4.93. The predicted octanol–water partition coefficient (Wildman–Crippen LogP) is 7.00. The molecule has 1 aromatic heterocycles. The topological polar surface area (TPSA) is 36.3 Å². The molecule has 0 N–H and O–H groups in total. The van der Waals surface area contributed by atoms with E-state index in [9.17, 15) is 0 Å². The molecule has 0 spiro atoms. The lowest BCUT2D eigenvalue weighted by Gasteiger charge is -2.11. The fraction of sp³-hybridized carbons (Fsp3) is 0.174. The Morgan fingerprint density at radius 3 is 2.40 bits per heavy atom. The standard InChI is InChI=1S/C23H20Cl2N2O2S/c1-2-28-15-29-20-10-8-19(9-11-20)27-22-13-18(25)7-12-21(22)26-23(27)30-14-16-3-5-17(24)6-4-16/h3-13H,2,14-15H2,1H3. The highest BCUT2D eigenvalue weighted by Crippen LogP contribution is 2.32. The fourth-order valence-electron chi connectivity index (χ4n) is 2.99. The van der Waals surface area contributed by atoms with Crippen molar-refractivity contribution in [2.75, 3.05) is 13.4 Å². The van der Waals surface area contributed by atoms with Crippen molar-refractivity contribution < 1.29 is 9.47 Å². The van der Waals surface area contributed by atoms with Gasteiger partial charge in [0.1, 0.15) is 5.75 Å². The average Bonchev–Trinajstić information content (AvgIpc) is 3.11. The SMILES string of the molecule is CCOCOc1ccc(-n2c(SCc3ccc(Cl)cc3)nc3ccc(Cl)cc32)cc1. The number of benzene rings is 3. The van der Waals surface area contributed by atoms with Crippen molar-refractivity contribution in [3.63, 3.8) is 0 Å². The maximum atomic E-state index is 6.28. The molecule has 30 heavy (non-hydrogen) atoms. The Morgan fingerprint density at radius 2 is 1.67 bits per heavy atom. The molecule has 4 aromatic rings. The number of hydrogen-bond donors (Lipinski definition) is 0. The molecule has 0 radical (unpaired) electrons. The molecule has 1 heterocycles. The van der Waals surface area contributed by atoms with E-state index in [-0.39, 0.29) is 6.79 Å². The maximum Gasteiger partial charge on any atom is 0.189 e. The van der Waals surface area contributed by atoms with Crippen molar-refractivity contribution in [3.8, 4) is 11.4 Å². The Morgan fingerprint density at radius 1 is 0.933 bits per heavy atom. The molecule has 154 valence electrons. The van der Waals surface area contributed by atoms with E-state index in [1.165, 1.54) is 5.56 Å². The van der Waals surface area contributed by atoms with E-state index >= 15 is 0 Å². The van der Waals surface area contributed by atoms with Gasteiger partial charge in [-0.2, -0.15) is 0 Å². The van der Waals surface area contributed by atoms with Crippen LogP contribution in [0.5, 0.6) is 5.75 Å². The molecule has 0 aliphatic rings. The normalized spacial score (nSPS) is 11.2. The molecule has 0 fully saturated rings. The molecule has 0 aliphatic heterocycles. The number of hydrogen-bond acceptors (Lipinski definition) is 4. The Bertz CT molecular complexity index is 1130. The molecular formula is C23H20Cl2N2O2S. The highest BCUT2D eigenvalue weighted by Gasteiger charge is 2.14. The van der Waals surface area contributed by atoms with Gasteiger partial charge in [-0.05, 0) is 67.1 Å². The highest BCUT2D eigenvalue weighted by molar-refractivity contribution is 7.98. The first-order valence-corrected chi connectivity index (χ1v) is 11.2. The van der Waals surface area contributed by atoms with Gasteiger partial charge >= 0.3 is 0 Å². The second-order valence-electron chi connectivity index (χ2n) is 6.53. The number of ether oxygens (including phenoxy) is 2. The summed E-state index contributed by atoms with van der Waals surface area (Å²) in [6, 6.07) is 21.5. The van der Waals surface area contributed by atoms with E-state index in [2.05, 4.69) is 4.57 Å². The van der Waals surface area contributed by atoms with E-state index in [4.69, 9.17) is 37.7 Å². The summed E-state index contributed by atoms with van der Waals surface area (Å²) in [6.45, 7) is 2.79. The third-order valence-corrected chi connectivity index (χ3v) is 5.97. The zero-order valence-electron chi connectivity index (χ0n) is 16.3. The first-order valence-electron chi connectivity index (χ1n) is 9.50. The molecule has 7 heteroatoms. The summed E-state index contributed by atoms with van der Waals surface area (Å²) in [6.07, 6.45) is 0. The van der Waals surface area contributed by atoms with Crippen LogP contribution in [-0.4, -0.2) is 23.0 Å². The lowest BCUT2D eigenvalue weighted by molar-refractivity contribution is 0.0224. The zero-order chi connectivity index (χ0) is 20.9. The number of fused-ring (bicyclic) bond motifs is 1. The van der Waals surface area contributed by atoms with Gasteiger partial charge < -0.3 is 9.47 Å². The molecule has 0 unspecified atom stereocenters. The third-order valence-electron chi connectivity index (χ3n) is 4.47. The number of aromatic nitrogens is 2. The van der Waals surface area contributed by atoms with Crippen molar-refractivity contribution >= 4 is 46.0 Å². The van der Waals surface area contributed by atoms with Crippen LogP contribution >= 0.6 is 35.0 Å². The highest BCUT2D eigenvalue weighted by atomic mass is 35.5. The molecule has 3 aromatic carbocycles. The van der Waals surface area contributed by atoms with Crippen LogP contribution < -0.4 is 4.74 Å². The minimum Gasteiger partial charge on any atom is -0.468 e. The summed E-state index contributed by atoms with van der Waals surface area (Å²) in [4.78, 5) is 4.84. The van der Waals surface area contributed by atoms with Crippen molar-refractivity contribution in [3.05, 3.63) is 82.3 Å². The van der Waals surface area contributed by atoms with Crippen LogP contribution in [0.15, 0.2) is 71.9 Å². The van der Waals surface area contributed by atoms with Crippen LogP contribution in [0, 0.1) is 0 Å². The molecule has 0 amide bonds. The summed E-state index contributed by atoms with van der Waals surface area (Å²) in [5.41, 5.74) is 4.03. The quantitative estimate of drug-likeness (QED) is 0.162. The number of thioether (sulfide) groups is 1. The molecule has 0 bridgehead atoms. The van der Waals surface area contributed by atoms with E-state index in [0.29, 0.717) is 11.6 Å². The molecule has 4 rings (SSSR count). The van der Waals surface area contributed by atoms with Gasteiger partial charge in [-0.1, -0.05) is 47.1 Å². The summed E-state index contributed by atoms with van der Waals surface area (Å²) in [5, 5.41) is 2.30. The Labute approximate surface area is 189 Å². The fourth-order valence-corrected chi connectivity index (χ4v) is 4.26. The number of nitrogens with zero attached hydrogens (tertiary/aromatic N) is 2. The van der Waals surface area contributed by atoms with E-state index < -0.39 is 0 Å². The van der Waals surface area contributed by atoms with E-state index in [0.717, 1.165) is 38.4 Å². The van der Waals surface area contributed by atoms with Crippen LogP contribution in [0.2, 0.25) is 10.0 Å². The van der Waals surface area contributed by atoms with Gasteiger partial charge in [0.05, 0.1) is 11.0 Å². The largest absolute Gasteiger partial charge is 0.468 e. The Hall–Kier alpha value is -2.18. The molecule has 0 aliphatic carbocycles. The van der Waals surface area contributed by atoms with Gasteiger partial charge in [0.15, 0.2) is 11.9 Å². The minimum atomic E-state index is 0.238. The van der Waals surface area contributed by atoms with Crippen molar-refractivity contribution in [2.24, 2.45) is 0 Å². The number of rotatable bonds is 8. The van der Waals surface area contributed by atoms with Crippen LogP contribution in [0.25, 0.3) is 16.7 Å². The van der Waals surface area contributed by atoms with Gasteiger partial charge in [-0.3, -0.25) is 4.57 Å². The van der Waals surface area contributed by atoms with Crippen molar-refractivity contribution in [1.29, 1.82) is 0 Å². The second kappa shape index (κ2) is 9.75. The smallest absolute Gasteiger partial charge is 0.189 e. The molecule has 0 saturated carbocycles. The van der Waals surface area contributed by atoms with E-state index in [1.807, 2.05) is 73.7 Å². The lowest BCUT2D eigenvalue weighted by atomic mass is 10.2. The van der Waals surface area contributed by atoms with Crippen molar-refractivity contribution in [2.45, 2.75) is 17.8 Å². The Kier molecular flexibility index (Phi) is 6.85. The van der Waals surface area contributed by atoms with Gasteiger partial charge in [0.25, 0.3) is 0 Å². The predicted molar refractivity (Wildman–Crippen MR) is 124 cm³/mol. The molecular weight excluding hydrogens is 439 g/mol.